The predicted octanol–water partition coefficient (Wildman–Crippen LogP) is 2.11. The van der Waals surface area contributed by atoms with Gasteiger partial charge in [-0.2, -0.15) is 0 Å². The number of hydrogen-bond acceptors (Lipinski definition) is 3. The van der Waals surface area contributed by atoms with Gasteiger partial charge in [0, 0.05) is 39.3 Å². The van der Waals surface area contributed by atoms with E-state index in [1.54, 1.807) is 12.1 Å². The van der Waals surface area contributed by atoms with Crippen molar-refractivity contribution >= 4 is 23.4 Å². The number of piperazine rings is 1. The van der Waals surface area contributed by atoms with Crippen molar-refractivity contribution in [1.82, 2.24) is 14.7 Å². The molecule has 2 aliphatic rings. The molecule has 24 heavy (non-hydrogen) atoms. The van der Waals surface area contributed by atoms with E-state index in [4.69, 9.17) is 11.6 Å². The molecule has 0 atom stereocenters. The van der Waals surface area contributed by atoms with Crippen molar-refractivity contribution in [1.29, 1.82) is 0 Å². The Bertz CT molecular complexity index is 594. The standard InChI is InChI=1S/C18H24ClN3O2/c19-16-7-3-2-6-15(16)18(24)22-12-10-20(11-13-22)14-17(23)21-8-4-1-5-9-21/h2-3,6-7H,1,4-5,8-14H2. The van der Waals surface area contributed by atoms with Gasteiger partial charge in [-0.05, 0) is 31.4 Å². The summed E-state index contributed by atoms with van der Waals surface area (Å²) in [6.07, 6.45) is 3.46. The van der Waals surface area contributed by atoms with E-state index in [9.17, 15) is 9.59 Å². The minimum atomic E-state index is -0.0254. The van der Waals surface area contributed by atoms with Crippen LogP contribution in [0.2, 0.25) is 5.02 Å². The van der Waals surface area contributed by atoms with Gasteiger partial charge in [-0.25, -0.2) is 0 Å². The summed E-state index contributed by atoms with van der Waals surface area (Å²) in [6.45, 7) is 4.99. The first-order valence-corrected chi connectivity index (χ1v) is 9.07. The van der Waals surface area contributed by atoms with Gasteiger partial charge in [0.25, 0.3) is 5.91 Å². The number of piperidine rings is 1. The molecule has 2 heterocycles. The Morgan fingerprint density at radius 2 is 1.54 bits per heavy atom. The third kappa shape index (κ3) is 4.08. The highest BCUT2D eigenvalue weighted by Crippen LogP contribution is 2.18. The van der Waals surface area contributed by atoms with E-state index >= 15 is 0 Å². The fraction of sp³-hybridized carbons (Fsp3) is 0.556. The normalized spacial score (nSPS) is 19.4. The molecule has 0 unspecified atom stereocenters. The maximum Gasteiger partial charge on any atom is 0.255 e. The number of benzene rings is 1. The zero-order valence-electron chi connectivity index (χ0n) is 13.9. The van der Waals surface area contributed by atoms with Crippen LogP contribution >= 0.6 is 11.6 Å². The van der Waals surface area contributed by atoms with Gasteiger partial charge >= 0.3 is 0 Å². The maximum absolute atomic E-state index is 12.5. The topological polar surface area (TPSA) is 43.9 Å². The number of carbonyl (C=O) groups is 2. The molecule has 0 saturated carbocycles. The molecule has 2 fully saturated rings. The van der Waals surface area contributed by atoms with Gasteiger partial charge in [0.2, 0.25) is 5.91 Å². The SMILES string of the molecule is O=C(CN1CCN(C(=O)c2ccccc2Cl)CC1)N1CCCCC1. The van der Waals surface area contributed by atoms with Crippen LogP contribution in [0, 0.1) is 0 Å². The van der Waals surface area contributed by atoms with E-state index in [2.05, 4.69) is 4.90 Å². The summed E-state index contributed by atoms with van der Waals surface area (Å²) in [7, 11) is 0. The molecule has 1 aromatic carbocycles. The van der Waals surface area contributed by atoms with Crippen molar-refractivity contribution in [3.63, 3.8) is 0 Å². The molecule has 5 nitrogen and oxygen atoms in total. The van der Waals surface area contributed by atoms with Crippen LogP contribution in [0.15, 0.2) is 24.3 Å². The number of amides is 2. The Morgan fingerprint density at radius 1 is 0.875 bits per heavy atom. The molecular weight excluding hydrogens is 326 g/mol. The Morgan fingerprint density at radius 3 is 2.21 bits per heavy atom. The van der Waals surface area contributed by atoms with Crippen LogP contribution in [-0.4, -0.2) is 72.3 Å². The second-order valence-electron chi connectivity index (χ2n) is 6.49. The van der Waals surface area contributed by atoms with E-state index < -0.39 is 0 Å². The fourth-order valence-electron chi connectivity index (χ4n) is 3.35. The van der Waals surface area contributed by atoms with Crippen LogP contribution in [0.5, 0.6) is 0 Å². The molecule has 0 N–H and O–H groups in total. The number of halogens is 1. The average molecular weight is 350 g/mol. The first kappa shape index (κ1) is 17.2. The van der Waals surface area contributed by atoms with Gasteiger partial charge in [-0.1, -0.05) is 23.7 Å². The first-order valence-electron chi connectivity index (χ1n) is 8.69. The van der Waals surface area contributed by atoms with Crippen molar-refractivity contribution in [2.45, 2.75) is 19.3 Å². The Balaban J connectivity index is 1.49. The van der Waals surface area contributed by atoms with Crippen molar-refractivity contribution in [2.24, 2.45) is 0 Å². The number of likely N-dealkylation sites (tertiary alicyclic amines) is 1. The van der Waals surface area contributed by atoms with Gasteiger partial charge in [0.05, 0.1) is 17.1 Å². The smallest absolute Gasteiger partial charge is 0.255 e. The van der Waals surface area contributed by atoms with Crippen LogP contribution in [0.1, 0.15) is 29.6 Å². The Hall–Kier alpha value is -1.59. The lowest BCUT2D eigenvalue weighted by Gasteiger charge is -2.36. The summed E-state index contributed by atoms with van der Waals surface area (Å²) in [5.41, 5.74) is 0.553. The monoisotopic (exact) mass is 349 g/mol. The van der Waals surface area contributed by atoms with E-state index in [0.29, 0.717) is 30.2 Å². The second kappa shape index (κ2) is 7.99. The van der Waals surface area contributed by atoms with E-state index in [1.165, 1.54) is 6.42 Å². The summed E-state index contributed by atoms with van der Waals surface area (Å²) in [6, 6.07) is 7.15. The minimum Gasteiger partial charge on any atom is -0.342 e. The largest absolute Gasteiger partial charge is 0.342 e. The summed E-state index contributed by atoms with van der Waals surface area (Å²) in [5.74, 6) is 0.197. The third-order valence-corrected chi connectivity index (χ3v) is 5.16. The van der Waals surface area contributed by atoms with Crippen LogP contribution in [-0.2, 0) is 4.79 Å². The molecule has 3 rings (SSSR count). The van der Waals surface area contributed by atoms with Crippen LogP contribution in [0.25, 0.3) is 0 Å². The minimum absolute atomic E-state index is 0.0254. The molecule has 0 aliphatic carbocycles. The van der Waals surface area contributed by atoms with E-state index in [0.717, 1.165) is 39.0 Å². The van der Waals surface area contributed by atoms with Gasteiger partial charge in [0.1, 0.15) is 0 Å². The third-order valence-electron chi connectivity index (χ3n) is 4.83. The average Bonchev–Trinajstić information content (AvgIpc) is 2.63. The summed E-state index contributed by atoms with van der Waals surface area (Å²) in [5, 5.41) is 0.491. The second-order valence-corrected chi connectivity index (χ2v) is 6.90. The number of rotatable bonds is 3. The molecule has 0 bridgehead atoms. The van der Waals surface area contributed by atoms with Crippen molar-refractivity contribution in [3.05, 3.63) is 34.9 Å². The zero-order chi connectivity index (χ0) is 16.9. The maximum atomic E-state index is 12.5. The summed E-state index contributed by atoms with van der Waals surface area (Å²) < 4.78 is 0. The highest BCUT2D eigenvalue weighted by Gasteiger charge is 2.26. The molecule has 0 radical (unpaired) electrons. The lowest BCUT2D eigenvalue weighted by Crippen LogP contribution is -2.52. The highest BCUT2D eigenvalue weighted by molar-refractivity contribution is 6.33. The molecule has 6 heteroatoms. The van der Waals surface area contributed by atoms with Crippen LogP contribution in [0.3, 0.4) is 0 Å². The van der Waals surface area contributed by atoms with Gasteiger partial charge < -0.3 is 9.80 Å². The van der Waals surface area contributed by atoms with Crippen LogP contribution < -0.4 is 0 Å². The lowest BCUT2D eigenvalue weighted by molar-refractivity contribution is -0.133. The molecule has 0 spiro atoms. The molecule has 2 aliphatic heterocycles. The lowest BCUT2D eigenvalue weighted by atomic mass is 10.1. The molecule has 1 aromatic rings. The van der Waals surface area contributed by atoms with Crippen molar-refractivity contribution in [2.75, 3.05) is 45.8 Å². The number of hydrogen-bond donors (Lipinski definition) is 0. The number of nitrogens with zero attached hydrogens (tertiary/aromatic N) is 3. The van der Waals surface area contributed by atoms with E-state index in [-0.39, 0.29) is 11.8 Å². The molecular formula is C18H24ClN3O2. The van der Waals surface area contributed by atoms with Gasteiger partial charge in [-0.3, -0.25) is 14.5 Å². The summed E-state index contributed by atoms with van der Waals surface area (Å²) >= 11 is 6.11. The quantitative estimate of drug-likeness (QED) is 0.839. The van der Waals surface area contributed by atoms with Gasteiger partial charge in [-0.15, -0.1) is 0 Å². The Labute approximate surface area is 148 Å². The number of carbonyl (C=O) groups excluding carboxylic acids is 2. The molecule has 2 saturated heterocycles. The molecule has 130 valence electrons. The van der Waals surface area contributed by atoms with E-state index in [1.807, 2.05) is 21.9 Å². The Kier molecular flexibility index (Phi) is 5.74. The first-order chi connectivity index (χ1) is 11.6. The predicted molar refractivity (Wildman–Crippen MR) is 94.2 cm³/mol. The highest BCUT2D eigenvalue weighted by atomic mass is 35.5. The van der Waals surface area contributed by atoms with Gasteiger partial charge in [0.15, 0.2) is 0 Å². The van der Waals surface area contributed by atoms with Crippen molar-refractivity contribution < 1.29 is 9.59 Å². The zero-order valence-corrected chi connectivity index (χ0v) is 14.7. The fourth-order valence-corrected chi connectivity index (χ4v) is 3.57. The molecule has 2 amide bonds. The van der Waals surface area contributed by atoms with Crippen molar-refractivity contribution in [3.8, 4) is 0 Å². The summed E-state index contributed by atoms with van der Waals surface area (Å²) in [4.78, 5) is 30.8. The van der Waals surface area contributed by atoms with Crippen LogP contribution in [0.4, 0.5) is 0 Å². The molecule has 0 aromatic heterocycles.